The summed E-state index contributed by atoms with van der Waals surface area (Å²) in [7, 11) is 0. The van der Waals surface area contributed by atoms with Crippen molar-refractivity contribution in [3.05, 3.63) is 28.5 Å². The maximum atomic E-state index is 13.5. The molecule has 1 aromatic carbocycles. The highest BCUT2D eigenvalue weighted by Gasteiger charge is 2.67. The molecule has 0 bridgehead atoms. The molecule has 0 aromatic heterocycles. The van der Waals surface area contributed by atoms with E-state index in [1.54, 1.807) is 13.0 Å². The standard InChI is InChI=1S/C11H9BrCl2FNO/c1-10(5-11(10,13)14)9(17)16-8-3-2-6(12)4-7(8)15/h2-4H,5H2,1H3,(H,16,17). The number of carbonyl (C=O) groups is 1. The Morgan fingerprint density at radius 1 is 1.53 bits per heavy atom. The Morgan fingerprint density at radius 3 is 2.59 bits per heavy atom. The van der Waals surface area contributed by atoms with Crippen molar-refractivity contribution in [3.63, 3.8) is 0 Å². The minimum absolute atomic E-state index is 0.121. The van der Waals surface area contributed by atoms with Crippen LogP contribution >= 0.6 is 39.1 Å². The molecule has 0 saturated heterocycles. The number of nitrogens with one attached hydrogen (secondary N) is 1. The first-order chi connectivity index (χ1) is 7.76. The monoisotopic (exact) mass is 339 g/mol. The van der Waals surface area contributed by atoms with Gasteiger partial charge in [0.15, 0.2) is 0 Å². The van der Waals surface area contributed by atoms with Crippen molar-refractivity contribution >= 4 is 50.7 Å². The van der Waals surface area contributed by atoms with Gasteiger partial charge in [-0.25, -0.2) is 4.39 Å². The molecular formula is C11H9BrCl2FNO. The molecule has 1 aromatic rings. The van der Waals surface area contributed by atoms with Crippen molar-refractivity contribution in [2.24, 2.45) is 5.41 Å². The second kappa shape index (κ2) is 4.11. The van der Waals surface area contributed by atoms with Crippen LogP contribution in [0.1, 0.15) is 13.3 Å². The predicted molar refractivity (Wildman–Crippen MR) is 69.9 cm³/mol. The van der Waals surface area contributed by atoms with E-state index in [2.05, 4.69) is 21.2 Å². The Labute approximate surface area is 117 Å². The van der Waals surface area contributed by atoms with Crippen LogP contribution < -0.4 is 5.32 Å². The number of hydrogen-bond donors (Lipinski definition) is 1. The largest absolute Gasteiger partial charge is 0.323 e. The molecule has 0 spiro atoms. The number of amides is 1. The van der Waals surface area contributed by atoms with Gasteiger partial charge < -0.3 is 5.32 Å². The molecule has 2 nitrogen and oxygen atoms in total. The van der Waals surface area contributed by atoms with Crippen LogP contribution in [0, 0.1) is 11.2 Å². The summed E-state index contributed by atoms with van der Waals surface area (Å²) in [5.41, 5.74) is -0.731. The Bertz CT molecular complexity index is 494. The van der Waals surface area contributed by atoms with Crippen molar-refractivity contribution in [3.8, 4) is 0 Å². The summed E-state index contributed by atoms with van der Waals surface area (Å²) in [4.78, 5) is 11.9. The molecule has 1 saturated carbocycles. The van der Waals surface area contributed by atoms with Gasteiger partial charge in [0, 0.05) is 4.47 Å². The van der Waals surface area contributed by atoms with Crippen LogP contribution in [0.4, 0.5) is 10.1 Å². The Balaban J connectivity index is 2.15. The van der Waals surface area contributed by atoms with E-state index in [1.807, 2.05) is 0 Å². The van der Waals surface area contributed by atoms with Gasteiger partial charge in [-0.05, 0) is 31.5 Å². The lowest BCUT2D eigenvalue weighted by Crippen LogP contribution is -2.26. The first kappa shape index (κ1) is 13.1. The lowest BCUT2D eigenvalue weighted by atomic mass is 10.1. The second-order valence-electron chi connectivity index (χ2n) is 4.29. The van der Waals surface area contributed by atoms with E-state index < -0.39 is 15.6 Å². The van der Waals surface area contributed by atoms with E-state index in [0.717, 1.165) is 0 Å². The maximum absolute atomic E-state index is 13.5. The van der Waals surface area contributed by atoms with E-state index in [-0.39, 0.29) is 11.6 Å². The van der Waals surface area contributed by atoms with E-state index >= 15 is 0 Å². The zero-order valence-electron chi connectivity index (χ0n) is 8.86. The number of alkyl halides is 2. The lowest BCUT2D eigenvalue weighted by Gasteiger charge is -2.13. The normalized spacial score (nSPS) is 25.5. The molecule has 1 fully saturated rings. The van der Waals surface area contributed by atoms with Crippen LogP contribution in [-0.4, -0.2) is 10.2 Å². The van der Waals surface area contributed by atoms with E-state index in [4.69, 9.17) is 23.2 Å². The Hall–Kier alpha value is -0.320. The number of rotatable bonds is 2. The van der Waals surface area contributed by atoms with Gasteiger partial charge in [0.1, 0.15) is 10.2 Å². The summed E-state index contributed by atoms with van der Waals surface area (Å²) in [6.07, 6.45) is 0.368. The fourth-order valence-corrected chi connectivity index (χ4v) is 2.54. The topological polar surface area (TPSA) is 29.1 Å². The average Bonchev–Trinajstić information content (AvgIpc) is 2.72. The number of benzene rings is 1. The summed E-state index contributed by atoms with van der Waals surface area (Å²) >= 11 is 14.9. The van der Waals surface area contributed by atoms with Crippen molar-refractivity contribution in [1.82, 2.24) is 0 Å². The first-order valence-electron chi connectivity index (χ1n) is 4.91. The Kier molecular flexibility index (Phi) is 3.17. The van der Waals surface area contributed by atoms with Gasteiger partial charge in [0.2, 0.25) is 5.91 Å². The molecule has 6 heteroatoms. The highest BCUT2D eigenvalue weighted by molar-refractivity contribution is 9.10. The number of hydrogen-bond acceptors (Lipinski definition) is 1. The minimum atomic E-state index is -1.05. The summed E-state index contributed by atoms with van der Waals surface area (Å²) in [6.45, 7) is 1.65. The second-order valence-corrected chi connectivity index (χ2v) is 6.69. The van der Waals surface area contributed by atoms with Gasteiger partial charge in [-0.1, -0.05) is 15.9 Å². The molecule has 0 heterocycles. The van der Waals surface area contributed by atoms with E-state index in [9.17, 15) is 9.18 Å². The van der Waals surface area contributed by atoms with Gasteiger partial charge in [-0.2, -0.15) is 0 Å². The lowest BCUT2D eigenvalue weighted by molar-refractivity contribution is -0.120. The third-order valence-electron chi connectivity index (χ3n) is 2.94. The molecule has 1 atom stereocenters. The third-order valence-corrected chi connectivity index (χ3v) is 4.53. The van der Waals surface area contributed by atoms with Crippen LogP contribution in [0.3, 0.4) is 0 Å². The average molecular weight is 341 g/mol. The number of carbonyl (C=O) groups excluding carboxylic acids is 1. The molecule has 1 aliphatic carbocycles. The highest BCUT2D eigenvalue weighted by atomic mass is 79.9. The van der Waals surface area contributed by atoms with Crippen molar-refractivity contribution in [1.29, 1.82) is 0 Å². The van der Waals surface area contributed by atoms with Gasteiger partial charge in [0.25, 0.3) is 0 Å². The summed E-state index contributed by atoms with van der Waals surface area (Å²) in [5.74, 6) is -0.879. The molecular weight excluding hydrogens is 332 g/mol. The summed E-state index contributed by atoms with van der Waals surface area (Å²) in [5, 5.41) is 2.49. The van der Waals surface area contributed by atoms with E-state index in [0.29, 0.717) is 10.9 Å². The van der Waals surface area contributed by atoms with Gasteiger partial charge in [-0.3, -0.25) is 4.79 Å². The van der Waals surface area contributed by atoms with Crippen LogP contribution in [0.2, 0.25) is 0 Å². The molecule has 17 heavy (non-hydrogen) atoms. The Morgan fingerprint density at radius 2 is 2.12 bits per heavy atom. The number of halogens is 4. The molecule has 0 radical (unpaired) electrons. The molecule has 2 rings (SSSR count). The SMILES string of the molecule is CC1(C(=O)Nc2ccc(Br)cc2F)CC1(Cl)Cl. The smallest absolute Gasteiger partial charge is 0.233 e. The fourth-order valence-electron chi connectivity index (χ4n) is 1.50. The van der Waals surface area contributed by atoms with Crippen molar-refractivity contribution < 1.29 is 9.18 Å². The van der Waals surface area contributed by atoms with Gasteiger partial charge in [-0.15, -0.1) is 23.2 Å². The zero-order chi connectivity index (χ0) is 12.8. The van der Waals surface area contributed by atoms with Crippen LogP contribution in [0.25, 0.3) is 0 Å². The molecule has 1 unspecified atom stereocenters. The fraction of sp³-hybridized carbons (Fsp3) is 0.364. The molecule has 1 aliphatic rings. The first-order valence-corrected chi connectivity index (χ1v) is 6.45. The highest BCUT2D eigenvalue weighted by Crippen LogP contribution is 2.64. The van der Waals surface area contributed by atoms with Crippen LogP contribution in [0.15, 0.2) is 22.7 Å². The zero-order valence-corrected chi connectivity index (χ0v) is 12.0. The minimum Gasteiger partial charge on any atom is -0.323 e. The number of anilines is 1. The maximum Gasteiger partial charge on any atom is 0.233 e. The van der Waals surface area contributed by atoms with Crippen LogP contribution in [0.5, 0.6) is 0 Å². The summed E-state index contributed by atoms with van der Waals surface area (Å²) < 4.78 is 13.1. The van der Waals surface area contributed by atoms with Crippen molar-refractivity contribution in [2.45, 2.75) is 17.7 Å². The van der Waals surface area contributed by atoms with Gasteiger partial charge in [0.05, 0.1) is 11.1 Å². The van der Waals surface area contributed by atoms with E-state index in [1.165, 1.54) is 12.1 Å². The molecule has 92 valence electrons. The molecule has 1 N–H and O–H groups in total. The van der Waals surface area contributed by atoms with Crippen molar-refractivity contribution in [2.75, 3.05) is 5.32 Å². The predicted octanol–water partition coefficient (Wildman–Crippen LogP) is 4.11. The quantitative estimate of drug-likeness (QED) is 0.806. The summed E-state index contributed by atoms with van der Waals surface area (Å²) in [6, 6.07) is 4.40. The third kappa shape index (κ3) is 2.30. The van der Waals surface area contributed by atoms with Gasteiger partial charge >= 0.3 is 0 Å². The molecule has 1 amide bonds. The van der Waals surface area contributed by atoms with Crippen LogP contribution in [-0.2, 0) is 4.79 Å². The molecule has 0 aliphatic heterocycles.